The predicted octanol–water partition coefficient (Wildman–Crippen LogP) is 3.67. The molecule has 3 rings (SSSR count). The largest absolute Gasteiger partial charge is 0.378 e. The van der Waals surface area contributed by atoms with Gasteiger partial charge in [0.05, 0.1) is 5.56 Å². The monoisotopic (exact) mass is 348 g/mol. The fourth-order valence-corrected chi connectivity index (χ4v) is 3.88. The van der Waals surface area contributed by atoms with Gasteiger partial charge < -0.3 is 4.18 Å². The molecule has 0 saturated heterocycles. The molecule has 0 saturated carbocycles. The number of Topliss-reactive ketones (excluding diaryl/α,β-unsaturated/α-hetero) is 1. The minimum atomic E-state index is -4.09. The van der Waals surface area contributed by atoms with Gasteiger partial charge in [-0.2, -0.15) is 8.42 Å². The first-order chi connectivity index (χ1) is 11.4. The van der Waals surface area contributed by atoms with E-state index in [2.05, 4.69) is 0 Å². The van der Waals surface area contributed by atoms with Gasteiger partial charge in [0.2, 0.25) is 0 Å². The smallest absolute Gasteiger partial charge is 0.339 e. The summed E-state index contributed by atoms with van der Waals surface area (Å²) >= 11 is 0. The van der Waals surface area contributed by atoms with Gasteiger partial charge in [-0.25, -0.2) is 4.39 Å². The van der Waals surface area contributed by atoms with Gasteiger partial charge in [0.15, 0.2) is 11.5 Å². The topological polar surface area (TPSA) is 60.4 Å². The van der Waals surface area contributed by atoms with E-state index in [9.17, 15) is 17.6 Å². The molecule has 1 aliphatic carbocycles. The molecule has 0 bridgehead atoms. The first-order valence-electron chi connectivity index (χ1n) is 7.73. The molecule has 0 aromatic heterocycles. The van der Waals surface area contributed by atoms with Crippen LogP contribution in [-0.4, -0.2) is 14.2 Å². The maximum atomic E-state index is 13.3. The van der Waals surface area contributed by atoms with E-state index in [0.717, 1.165) is 55.0 Å². The molecule has 0 radical (unpaired) electrons. The fraction of sp³-hybridized carbons (Fsp3) is 0.278. The Kier molecular flexibility index (Phi) is 4.41. The third-order valence-corrected chi connectivity index (χ3v) is 5.36. The number of hydrogen-bond donors (Lipinski definition) is 0. The van der Waals surface area contributed by atoms with Crippen molar-refractivity contribution in [2.24, 2.45) is 0 Å². The summed E-state index contributed by atoms with van der Waals surface area (Å²) in [5, 5.41) is 0. The third-order valence-electron chi connectivity index (χ3n) is 4.13. The molecule has 24 heavy (non-hydrogen) atoms. The Labute approximate surface area is 140 Å². The summed E-state index contributed by atoms with van der Waals surface area (Å²) in [4.78, 5) is 11.6. The van der Waals surface area contributed by atoms with Gasteiger partial charge in [-0.3, -0.25) is 4.79 Å². The highest BCUT2D eigenvalue weighted by molar-refractivity contribution is 7.87. The van der Waals surface area contributed by atoms with Crippen molar-refractivity contribution in [3.8, 4) is 5.75 Å². The number of rotatable bonds is 4. The second-order valence-corrected chi connectivity index (χ2v) is 7.42. The molecular formula is C18H17FO4S. The zero-order valence-electron chi connectivity index (χ0n) is 13.2. The lowest BCUT2D eigenvalue weighted by Crippen LogP contribution is -2.13. The van der Waals surface area contributed by atoms with Crippen LogP contribution in [0.1, 0.15) is 41.3 Å². The van der Waals surface area contributed by atoms with E-state index in [1.54, 1.807) is 12.1 Å². The van der Waals surface area contributed by atoms with Crippen LogP contribution in [0.2, 0.25) is 0 Å². The maximum absolute atomic E-state index is 13.3. The second-order valence-electron chi connectivity index (χ2n) is 5.87. The lowest BCUT2D eigenvalue weighted by atomic mass is 9.92. The Hall–Kier alpha value is -2.21. The van der Waals surface area contributed by atoms with E-state index in [-0.39, 0.29) is 16.2 Å². The Morgan fingerprint density at radius 1 is 1.04 bits per heavy atom. The van der Waals surface area contributed by atoms with E-state index in [4.69, 9.17) is 4.18 Å². The Balaban J connectivity index is 1.96. The highest BCUT2D eigenvalue weighted by Crippen LogP contribution is 2.28. The van der Waals surface area contributed by atoms with Gasteiger partial charge >= 0.3 is 10.1 Å². The summed E-state index contributed by atoms with van der Waals surface area (Å²) in [6, 6.07) is 8.13. The zero-order chi connectivity index (χ0) is 17.3. The Bertz CT molecular complexity index is 903. The highest BCUT2D eigenvalue weighted by Gasteiger charge is 2.22. The molecule has 0 fully saturated rings. The average molecular weight is 348 g/mol. The SMILES string of the molecule is CC(=O)c1cc(F)ccc1OS(=O)(=O)c1ccc2c(c1)CCCC2. The fourth-order valence-electron chi connectivity index (χ4n) is 2.88. The molecule has 2 aromatic carbocycles. The van der Waals surface area contributed by atoms with Crippen LogP contribution in [0.25, 0.3) is 0 Å². The molecular weight excluding hydrogens is 331 g/mol. The van der Waals surface area contributed by atoms with Crippen LogP contribution in [0.15, 0.2) is 41.3 Å². The summed E-state index contributed by atoms with van der Waals surface area (Å²) < 4.78 is 43.4. The van der Waals surface area contributed by atoms with Gasteiger partial charge in [0.25, 0.3) is 0 Å². The maximum Gasteiger partial charge on any atom is 0.339 e. The van der Waals surface area contributed by atoms with E-state index in [1.165, 1.54) is 13.0 Å². The number of halogens is 1. The van der Waals surface area contributed by atoms with Crippen LogP contribution >= 0.6 is 0 Å². The predicted molar refractivity (Wildman–Crippen MR) is 87.3 cm³/mol. The molecule has 0 unspecified atom stereocenters. The average Bonchev–Trinajstić information content (AvgIpc) is 2.55. The molecule has 2 aromatic rings. The normalized spacial score (nSPS) is 14.1. The van der Waals surface area contributed by atoms with Crippen LogP contribution in [0.5, 0.6) is 5.75 Å². The highest BCUT2D eigenvalue weighted by atomic mass is 32.2. The van der Waals surface area contributed by atoms with Crippen molar-refractivity contribution in [3.63, 3.8) is 0 Å². The van der Waals surface area contributed by atoms with Gasteiger partial charge in [-0.1, -0.05) is 6.07 Å². The lowest BCUT2D eigenvalue weighted by molar-refractivity contribution is 0.101. The first kappa shape index (κ1) is 16.6. The molecule has 0 heterocycles. The number of fused-ring (bicyclic) bond motifs is 1. The first-order valence-corrected chi connectivity index (χ1v) is 9.14. The van der Waals surface area contributed by atoms with Crippen molar-refractivity contribution >= 4 is 15.9 Å². The number of benzene rings is 2. The third kappa shape index (κ3) is 3.33. The summed E-state index contributed by atoms with van der Waals surface area (Å²) in [6.45, 7) is 1.23. The van der Waals surface area contributed by atoms with Crippen molar-refractivity contribution < 1.29 is 21.8 Å². The van der Waals surface area contributed by atoms with Gasteiger partial charge in [0.1, 0.15) is 10.7 Å². The minimum Gasteiger partial charge on any atom is -0.378 e. The number of aryl methyl sites for hydroxylation is 2. The molecule has 126 valence electrons. The lowest BCUT2D eigenvalue weighted by Gasteiger charge is -2.17. The number of ketones is 1. The number of hydrogen-bond acceptors (Lipinski definition) is 4. The number of carbonyl (C=O) groups excluding carboxylic acids is 1. The molecule has 0 N–H and O–H groups in total. The van der Waals surface area contributed by atoms with E-state index in [1.807, 2.05) is 0 Å². The van der Waals surface area contributed by atoms with Crippen LogP contribution < -0.4 is 4.18 Å². The van der Waals surface area contributed by atoms with E-state index < -0.39 is 21.7 Å². The van der Waals surface area contributed by atoms with Crippen molar-refractivity contribution in [3.05, 3.63) is 58.9 Å². The van der Waals surface area contributed by atoms with Crippen molar-refractivity contribution in [2.75, 3.05) is 0 Å². The van der Waals surface area contributed by atoms with Gasteiger partial charge in [0, 0.05) is 0 Å². The molecule has 0 amide bonds. The Morgan fingerprint density at radius 2 is 1.75 bits per heavy atom. The summed E-state index contributed by atoms with van der Waals surface area (Å²) in [5.74, 6) is -1.26. The molecule has 0 aliphatic heterocycles. The molecule has 6 heteroatoms. The van der Waals surface area contributed by atoms with Crippen molar-refractivity contribution in [2.45, 2.75) is 37.5 Å². The summed E-state index contributed by atoms with van der Waals surface area (Å²) in [7, 11) is -4.09. The summed E-state index contributed by atoms with van der Waals surface area (Å²) in [6.07, 6.45) is 3.92. The Morgan fingerprint density at radius 3 is 2.46 bits per heavy atom. The zero-order valence-corrected chi connectivity index (χ0v) is 14.0. The van der Waals surface area contributed by atoms with E-state index >= 15 is 0 Å². The van der Waals surface area contributed by atoms with Gasteiger partial charge in [-0.15, -0.1) is 0 Å². The minimum absolute atomic E-state index is 0.0435. The number of carbonyl (C=O) groups is 1. The molecule has 0 spiro atoms. The summed E-state index contributed by atoms with van der Waals surface area (Å²) in [5.41, 5.74) is 2.07. The van der Waals surface area contributed by atoms with Crippen LogP contribution in [-0.2, 0) is 23.0 Å². The van der Waals surface area contributed by atoms with Crippen LogP contribution in [0.4, 0.5) is 4.39 Å². The standard InChI is InChI=1S/C18H17FO4S/c1-12(20)17-11-15(19)7-9-18(17)23-24(21,22)16-8-6-13-4-2-3-5-14(13)10-16/h6-11H,2-5H2,1H3. The van der Waals surface area contributed by atoms with Crippen molar-refractivity contribution in [1.29, 1.82) is 0 Å². The molecule has 0 atom stereocenters. The molecule has 1 aliphatic rings. The van der Waals surface area contributed by atoms with E-state index in [0.29, 0.717) is 0 Å². The molecule has 4 nitrogen and oxygen atoms in total. The van der Waals surface area contributed by atoms with Crippen LogP contribution in [0.3, 0.4) is 0 Å². The van der Waals surface area contributed by atoms with Gasteiger partial charge in [-0.05, 0) is 74.1 Å². The van der Waals surface area contributed by atoms with Crippen LogP contribution in [0, 0.1) is 5.82 Å². The van der Waals surface area contributed by atoms with Crippen molar-refractivity contribution in [1.82, 2.24) is 0 Å². The second kappa shape index (κ2) is 6.36. The quantitative estimate of drug-likeness (QED) is 0.625.